The molecule has 5 rings (SSSR count). The molecule has 3 aromatic rings. The maximum Gasteiger partial charge on any atom is 0.148 e. The topological polar surface area (TPSA) is 96.2 Å². The van der Waals surface area contributed by atoms with Gasteiger partial charge in [-0.05, 0) is 36.4 Å². The number of sulfone groups is 1. The van der Waals surface area contributed by atoms with E-state index in [1.54, 1.807) is 11.3 Å². The first-order valence-corrected chi connectivity index (χ1v) is 14.7. The van der Waals surface area contributed by atoms with E-state index in [4.69, 9.17) is 9.73 Å². The lowest BCUT2D eigenvalue weighted by molar-refractivity contribution is 0.483. The van der Waals surface area contributed by atoms with E-state index in [1.165, 1.54) is 6.26 Å². The highest BCUT2D eigenvalue weighted by Gasteiger charge is 2.24. The third-order valence-electron chi connectivity index (χ3n) is 5.73. The second kappa shape index (κ2) is 11.2. The van der Waals surface area contributed by atoms with Crippen molar-refractivity contribution in [3.63, 3.8) is 0 Å². The molecule has 0 saturated carbocycles. The molecule has 10 heteroatoms. The Hall–Kier alpha value is -3.60. The predicted molar refractivity (Wildman–Crippen MR) is 150 cm³/mol. The van der Waals surface area contributed by atoms with Gasteiger partial charge >= 0.3 is 0 Å². The van der Waals surface area contributed by atoms with Gasteiger partial charge in [0.2, 0.25) is 0 Å². The number of allylic oxidation sites excluding steroid dienone is 1. The van der Waals surface area contributed by atoms with Crippen LogP contribution in [-0.4, -0.2) is 50.4 Å². The highest BCUT2D eigenvalue weighted by atomic mass is 32.2. The van der Waals surface area contributed by atoms with Crippen LogP contribution in [0.3, 0.4) is 0 Å². The van der Waals surface area contributed by atoms with Crippen LogP contribution in [-0.2, 0) is 16.4 Å². The molecule has 2 aliphatic heterocycles. The molecule has 1 atom stereocenters. The molecule has 0 saturated heterocycles. The minimum absolute atomic E-state index is 0.0782. The predicted octanol–water partition coefficient (Wildman–Crippen LogP) is 4.76. The van der Waals surface area contributed by atoms with E-state index in [-0.39, 0.29) is 11.7 Å². The number of thiazole rings is 1. The lowest BCUT2D eigenvalue weighted by atomic mass is 9.92. The molecule has 1 unspecified atom stereocenters. The van der Waals surface area contributed by atoms with Crippen LogP contribution in [0, 0.1) is 5.92 Å². The van der Waals surface area contributed by atoms with Crippen LogP contribution in [0.1, 0.15) is 5.01 Å². The first-order valence-electron chi connectivity index (χ1n) is 11.9. The Bertz CT molecular complexity index is 1460. The van der Waals surface area contributed by atoms with Crippen molar-refractivity contribution >= 4 is 43.8 Å². The zero-order chi connectivity index (χ0) is 25.7. The summed E-state index contributed by atoms with van der Waals surface area (Å²) in [6.45, 7) is 1.45. The SMILES string of the molecule is CS(=O)(=O)CCNCc1ncc(N2C=CC3C=NCC(=Nc4ccc(Oc5ccccc5)cc4)C3=C2)s1. The average molecular weight is 534 g/mol. The summed E-state index contributed by atoms with van der Waals surface area (Å²) in [6.07, 6.45) is 11.2. The van der Waals surface area contributed by atoms with Crippen molar-refractivity contribution in [1.82, 2.24) is 10.3 Å². The fourth-order valence-corrected chi connectivity index (χ4v) is 5.23. The molecule has 0 spiro atoms. The molecule has 3 heterocycles. The Morgan fingerprint density at radius 3 is 2.70 bits per heavy atom. The summed E-state index contributed by atoms with van der Waals surface area (Å²) < 4.78 is 28.5. The molecule has 1 N–H and O–H groups in total. The van der Waals surface area contributed by atoms with Crippen LogP contribution in [0.4, 0.5) is 10.7 Å². The minimum Gasteiger partial charge on any atom is -0.457 e. The first-order chi connectivity index (χ1) is 17.9. The van der Waals surface area contributed by atoms with E-state index in [0.29, 0.717) is 19.6 Å². The Balaban J connectivity index is 1.27. The number of ether oxygens (including phenoxy) is 1. The summed E-state index contributed by atoms with van der Waals surface area (Å²) in [6, 6.07) is 17.4. The average Bonchev–Trinajstić information content (AvgIpc) is 3.37. The number of rotatable bonds is 9. The molecular formula is C27H27N5O3S2. The summed E-state index contributed by atoms with van der Waals surface area (Å²) in [5, 5.41) is 5.02. The Morgan fingerprint density at radius 2 is 1.92 bits per heavy atom. The standard InChI is InChI=1S/C27H27N5O3S2/c1-37(33,34)14-12-28-17-26-30-18-27(36-26)32-13-11-20-15-29-16-25(24(20)19-32)31-21-7-9-23(10-8-21)35-22-5-3-2-4-6-22/h2-11,13,15,18-20,28H,12,14,16-17H2,1H3. The van der Waals surface area contributed by atoms with E-state index in [2.05, 4.69) is 32.5 Å². The fraction of sp³-hybridized carbons (Fsp3) is 0.222. The van der Waals surface area contributed by atoms with Crippen LogP contribution in [0.5, 0.6) is 11.5 Å². The van der Waals surface area contributed by atoms with Crippen molar-refractivity contribution in [1.29, 1.82) is 0 Å². The van der Waals surface area contributed by atoms with Crippen molar-refractivity contribution in [2.45, 2.75) is 6.54 Å². The maximum absolute atomic E-state index is 11.3. The number of aromatic nitrogens is 1. The van der Waals surface area contributed by atoms with Crippen molar-refractivity contribution < 1.29 is 13.2 Å². The van der Waals surface area contributed by atoms with E-state index in [9.17, 15) is 8.42 Å². The van der Waals surface area contributed by atoms with Gasteiger partial charge in [0.25, 0.3) is 0 Å². The van der Waals surface area contributed by atoms with Gasteiger partial charge in [-0.25, -0.2) is 13.4 Å². The summed E-state index contributed by atoms with van der Waals surface area (Å²) in [7, 11) is -2.98. The second-order valence-corrected chi connectivity index (χ2v) is 12.1. The highest BCUT2D eigenvalue weighted by molar-refractivity contribution is 7.90. The molecule has 0 fully saturated rings. The quantitative estimate of drug-likeness (QED) is 0.399. The lowest BCUT2D eigenvalue weighted by Gasteiger charge is -2.27. The normalized spacial score (nSPS) is 18.1. The number of benzene rings is 2. The van der Waals surface area contributed by atoms with E-state index < -0.39 is 9.84 Å². The van der Waals surface area contributed by atoms with Crippen LogP contribution in [0.25, 0.3) is 0 Å². The van der Waals surface area contributed by atoms with Gasteiger partial charge < -0.3 is 15.0 Å². The smallest absolute Gasteiger partial charge is 0.148 e. The Kier molecular flexibility index (Phi) is 7.59. The molecular weight excluding hydrogens is 506 g/mol. The molecule has 2 aromatic carbocycles. The molecule has 0 amide bonds. The number of nitrogens with zero attached hydrogens (tertiary/aromatic N) is 4. The molecule has 0 radical (unpaired) electrons. The van der Waals surface area contributed by atoms with Gasteiger partial charge in [0.15, 0.2) is 0 Å². The van der Waals surface area contributed by atoms with Crippen molar-refractivity contribution in [3.05, 3.63) is 89.9 Å². The number of anilines is 1. The van der Waals surface area contributed by atoms with Crippen molar-refractivity contribution in [2.24, 2.45) is 15.9 Å². The van der Waals surface area contributed by atoms with Gasteiger partial charge in [0, 0.05) is 49.5 Å². The molecule has 1 aromatic heterocycles. The number of nitrogens with one attached hydrogen (secondary N) is 1. The largest absolute Gasteiger partial charge is 0.457 e. The maximum atomic E-state index is 11.3. The molecule has 2 aliphatic rings. The molecule has 8 nitrogen and oxygen atoms in total. The number of fused-ring (bicyclic) bond motifs is 1. The molecule has 190 valence electrons. The van der Waals surface area contributed by atoms with Gasteiger partial charge in [0.05, 0.1) is 29.9 Å². The van der Waals surface area contributed by atoms with Gasteiger partial charge in [-0.2, -0.15) is 0 Å². The third kappa shape index (κ3) is 6.79. The zero-order valence-corrected chi connectivity index (χ0v) is 22.0. The van der Waals surface area contributed by atoms with Gasteiger partial charge in [-0.15, -0.1) is 0 Å². The second-order valence-electron chi connectivity index (χ2n) is 8.72. The van der Waals surface area contributed by atoms with Gasteiger partial charge in [-0.1, -0.05) is 35.6 Å². The van der Waals surface area contributed by atoms with Crippen molar-refractivity contribution in [2.75, 3.05) is 30.0 Å². The highest BCUT2D eigenvalue weighted by Crippen LogP contribution is 2.31. The fourth-order valence-electron chi connectivity index (χ4n) is 3.87. The molecule has 37 heavy (non-hydrogen) atoms. The molecule has 0 bridgehead atoms. The van der Waals surface area contributed by atoms with Gasteiger partial charge in [0.1, 0.15) is 31.3 Å². The van der Waals surface area contributed by atoms with Crippen molar-refractivity contribution in [3.8, 4) is 11.5 Å². The summed E-state index contributed by atoms with van der Waals surface area (Å²) >= 11 is 1.56. The molecule has 0 aliphatic carbocycles. The number of aliphatic imine (C=N–C) groups is 2. The third-order valence-corrected chi connectivity index (χ3v) is 7.69. The van der Waals surface area contributed by atoms with Crippen LogP contribution < -0.4 is 15.0 Å². The first kappa shape index (κ1) is 25.1. The van der Waals surface area contributed by atoms with Crippen LogP contribution >= 0.6 is 11.3 Å². The monoisotopic (exact) mass is 533 g/mol. The van der Waals surface area contributed by atoms with Crippen LogP contribution in [0.15, 0.2) is 94.8 Å². The summed E-state index contributed by atoms with van der Waals surface area (Å²) in [4.78, 5) is 16.0. The number of para-hydroxylation sites is 1. The lowest BCUT2D eigenvalue weighted by Crippen LogP contribution is -2.27. The van der Waals surface area contributed by atoms with E-state index in [1.807, 2.05) is 73.2 Å². The van der Waals surface area contributed by atoms with Gasteiger partial charge in [-0.3, -0.25) is 9.98 Å². The zero-order valence-electron chi connectivity index (χ0n) is 20.3. The number of hydrogen-bond acceptors (Lipinski definition) is 9. The number of hydrogen-bond donors (Lipinski definition) is 1. The Morgan fingerprint density at radius 1 is 1.14 bits per heavy atom. The summed E-state index contributed by atoms with van der Waals surface area (Å²) in [5.41, 5.74) is 2.86. The van der Waals surface area contributed by atoms with E-state index >= 15 is 0 Å². The minimum atomic E-state index is -2.98. The summed E-state index contributed by atoms with van der Waals surface area (Å²) in [5.74, 6) is 1.74. The Labute approximate surface area is 220 Å². The van der Waals surface area contributed by atoms with E-state index in [0.717, 1.165) is 38.5 Å². The van der Waals surface area contributed by atoms with Crippen LogP contribution in [0.2, 0.25) is 0 Å².